The molecule has 1 heterocycles. The van der Waals surface area contributed by atoms with Crippen LogP contribution in [0.2, 0.25) is 0 Å². The van der Waals surface area contributed by atoms with Crippen molar-refractivity contribution in [3.05, 3.63) is 93.2 Å². The van der Waals surface area contributed by atoms with E-state index in [1.54, 1.807) is 60.2 Å². The van der Waals surface area contributed by atoms with Crippen LogP contribution in [0.4, 0.5) is 0 Å². The van der Waals surface area contributed by atoms with Crippen LogP contribution in [0, 0.1) is 0 Å². The molecular formula is C23H17BrN2O3S. The summed E-state index contributed by atoms with van der Waals surface area (Å²) in [5.41, 5.74) is 1.71. The molecule has 0 aliphatic rings. The van der Waals surface area contributed by atoms with Crippen LogP contribution in [-0.2, 0) is 0 Å². The maximum absolute atomic E-state index is 13.2. The number of aromatic nitrogens is 2. The Morgan fingerprint density at radius 1 is 1.03 bits per heavy atom. The third-order valence-corrected chi connectivity index (χ3v) is 6.04. The van der Waals surface area contributed by atoms with Crippen molar-refractivity contribution in [3.63, 3.8) is 0 Å². The fourth-order valence-corrected chi connectivity index (χ4v) is 4.19. The van der Waals surface area contributed by atoms with Gasteiger partial charge in [0, 0.05) is 10.0 Å². The lowest BCUT2D eigenvalue weighted by molar-refractivity contribution is 0.102. The number of hydrogen-bond acceptors (Lipinski definition) is 5. The molecule has 0 atom stereocenters. The Kier molecular flexibility index (Phi) is 6.01. The van der Waals surface area contributed by atoms with E-state index < -0.39 is 0 Å². The van der Waals surface area contributed by atoms with E-state index in [2.05, 4.69) is 20.9 Å². The van der Waals surface area contributed by atoms with Gasteiger partial charge in [-0.3, -0.25) is 14.2 Å². The van der Waals surface area contributed by atoms with Crippen molar-refractivity contribution >= 4 is 44.4 Å². The molecule has 0 aliphatic heterocycles. The van der Waals surface area contributed by atoms with E-state index in [1.165, 1.54) is 11.8 Å². The number of Topliss-reactive ketones (excluding diaryl/α,β-unsaturated/α-hetero) is 1. The summed E-state index contributed by atoms with van der Waals surface area (Å²) in [6, 6.07) is 21.6. The molecule has 4 rings (SSSR count). The third kappa shape index (κ3) is 4.17. The van der Waals surface area contributed by atoms with Crippen molar-refractivity contribution in [2.75, 3.05) is 12.9 Å². The van der Waals surface area contributed by atoms with Gasteiger partial charge in [-0.05, 0) is 48.5 Å². The van der Waals surface area contributed by atoms with Crippen LogP contribution in [0.25, 0.3) is 16.6 Å². The van der Waals surface area contributed by atoms with Gasteiger partial charge in [0.15, 0.2) is 10.9 Å². The number of ketones is 1. The van der Waals surface area contributed by atoms with Gasteiger partial charge < -0.3 is 4.74 Å². The number of para-hydroxylation sites is 1. The predicted octanol–water partition coefficient (Wildman–Crippen LogP) is 5.13. The van der Waals surface area contributed by atoms with Crippen LogP contribution in [0.5, 0.6) is 5.75 Å². The van der Waals surface area contributed by atoms with Crippen LogP contribution in [0.15, 0.2) is 87.2 Å². The van der Waals surface area contributed by atoms with Gasteiger partial charge in [-0.1, -0.05) is 52.0 Å². The molecule has 0 aliphatic carbocycles. The first-order chi connectivity index (χ1) is 14.6. The summed E-state index contributed by atoms with van der Waals surface area (Å²) in [5.74, 6) is 0.833. The lowest BCUT2D eigenvalue weighted by Gasteiger charge is -2.13. The second-order valence-electron chi connectivity index (χ2n) is 6.47. The van der Waals surface area contributed by atoms with Crippen LogP contribution < -0.4 is 10.3 Å². The van der Waals surface area contributed by atoms with Gasteiger partial charge in [0.05, 0.1) is 29.5 Å². The molecule has 0 spiro atoms. The molecule has 0 bridgehead atoms. The van der Waals surface area contributed by atoms with E-state index in [0.29, 0.717) is 33.1 Å². The molecule has 0 radical (unpaired) electrons. The highest BCUT2D eigenvalue weighted by molar-refractivity contribution is 9.10. The number of carbonyl (C=O) groups is 1. The van der Waals surface area contributed by atoms with E-state index in [9.17, 15) is 9.59 Å². The van der Waals surface area contributed by atoms with Crippen LogP contribution in [0.1, 0.15) is 10.4 Å². The van der Waals surface area contributed by atoms with Crippen LogP contribution in [0.3, 0.4) is 0 Å². The molecule has 0 saturated heterocycles. The smallest absolute Gasteiger partial charge is 0.266 e. The van der Waals surface area contributed by atoms with Crippen LogP contribution >= 0.6 is 27.7 Å². The van der Waals surface area contributed by atoms with Crippen molar-refractivity contribution in [2.45, 2.75) is 5.16 Å². The van der Waals surface area contributed by atoms with E-state index in [-0.39, 0.29) is 17.1 Å². The zero-order chi connectivity index (χ0) is 21.1. The minimum atomic E-state index is -0.177. The largest absolute Gasteiger partial charge is 0.497 e. The number of thioether (sulfide) groups is 1. The molecule has 150 valence electrons. The summed E-state index contributed by atoms with van der Waals surface area (Å²) in [5, 5.41) is 0.992. The fourth-order valence-electron chi connectivity index (χ4n) is 3.02. The Balaban J connectivity index is 1.74. The Labute approximate surface area is 185 Å². The van der Waals surface area contributed by atoms with Crippen molar-refractivity contribution in [1.82, 2.24) is 9.55 Å². The van der Waals surface area contributed by atoms with Crippen molar-refractivity contribution in [1.29, 1.82) is 0 Å². The van der Waals surface area contributed by atoms with Gasteiger partial charge in [0.2, 0.25) is 0 Å². The quantitative estimate of drug-likeness (QED) is 0.217. The van der Waals surface area contributed by atoms with Crippen molar-refractivity contribution in [3.8, 4) is 11.4 Å². The maximum Gasteiger partial charge on any atom is 0.266 e. The summed E-state index contributed by atoms with van der Waals surface area (Å²) >= 11 is 4.62. The molecular weight excluding hydrogens is 464 g/mol. The van der Waals surface area contributed by atoms with Gasteiger partial charge in [-0.15, -0.1) is 0 Å². The molecule has 0 N–H and O–H groups in total. The minimum Gasteiger partial charge on any atom is -0.497 e. The summed E-state index contributed by atoms with van der Waals surface area (Å²) in [6.07, 6.45) is 0. The number of halogens is 1. The molecule has 4 aromatic rings. The number of methoxy groups -OCH3 is 1. The van der Waals surface area contributed by atoms with E-state index in [0.717, 1.165) is 4.47 Å². The van der Waals surface area contributed by atoms with Gasteiger partial charge >= 0.3 is 0 Å². The van der Waals surface area contributed by atoms with E-state index >= 15 is 0 Å². The molecule has 5 nitrogen and oxygen atoms in total. The molecule has 7 heteroatoms. The first kappa shape index (κ1) is 20.4. The second kappa shape index (κ2) is 8.85. The second-order valence-corrected chi connectivity index (χ2v) is 8.33. The van der Waals surface area contributed by atoms with Gasteiger partial charge in [0.25, 0.3) is 5.56 Å². The maximum atomic E-state index is 13.2. The third-order valence-electron chi connectivity index (χ3n) is 4.57. The molecule has 0 unspecified atom stereocenters. The van der Waals surface area contributed by atoms with E-state index in [4.69, 9.17) is 4.74 Å². The topological polar surface area (TPSA) is 61.2 Å². The summed E-state index contributed by atoms with van der Waals surface area (Å²) < 4.78 is 7.67. The van der Waals surface area contributed by atoms with Gasteiger partial charge in [-0.2, -0.15) is 0 Å². The zero-order valence-electron chi connectivity index (χ0n) is 16.0. The number of rotatable bonds is 6. The Morgan fingerprint density at radius 3 is 2.43 bits per heavy atom. The first-order valence-corrected chi connectivity index (χ1v) is 10.9. The molecule has 0 saturated carbocycles. The number of carbonyl (C=O) groups excluding carboxylic acids is 1. The number of ether oxygens (including phenoxy) is 1. The molecule has 0 amide bonds. The lowest BCUT2D eigenvalue weighted by atomic mass is 10.2. The van der Waals surface area contributed by atoms with Crippen LogP contribution in [-0.4, -0.2) is 28.2 Å². The average Bonchev–Trinajstić information content (AvgIpc) is 2.78. The Morgan fingerprint density at radius 2 is 1.73 bits per heavy atom. The monoisotopic (exact) mass is 480 g/mol. The molecule has 3 aromatic carbocycles. The van der Waals surface area contributed by atoms with Gasteiger partial charge in [-0.25, -0.2) is 4.98 Å². The SMILES string of the molecule is COc1ccc(-n2c(SCC(=O)c3ccc(Br)cc3)nc3ccccc3c2=O)cc1. The summed E-state index contributed by atoms with van der Waals surface area (Å²) in [6.45, 7) is 0. The highest BCUT2D eigenvalue weighted by atomic mass is 79.9. The molecule has 30 heavy (non-hydrogen) atoms. The zero-order valence-corrected chi connectivity index (χ0v) is 18.4. The normalized spacial score (nSPS) is 10.9. The summed E-state index contributed by atoms with van der Waals surface area (Å²) in [4.78, 5) is 30.6. The number of nitrogens with zero attached hydrogens (tertiary/aromatic N) is 2. The minimum absolute atomic E-state index is 0.0313. The number of hydrogen-bond donors (Lipinski definition) is 0. The van der Waals surface area contributed by atoms with Crippen molar-refractivity contribution in [2.24, 2.45) is 0 Å². The number of fused-ring (bicyclic) bond motifs is 1. The van der Waals surface area contributed by atoms with Crippen molar-refractivity contribution < 1.29 is 9.53 Å². The lowest BCUT2D eigenvalue weighted by Crippen LogP contribution is -2.22. The molecule has 1 aromatic heterocycles. The fraction of sp³-hybridized carbons (Fsp3) is 0.0870. The highest BCUT2D eigenvalue weighted by Gasteiger charge is 2.15. The van der Waals surface area contributed by atoms with Gasteiger partial charge in [0.1, 0.15) is 5.75 Å². The Bertz CT molecular complexity index is 1270. The average molecular weight is 481 g/mol. The highest BCUT2D eigenvalue weighted by Crippen LogP contribution is 2.24. The Hall–Kier alpha value is -2.90. The molecule has 0 fully saturated rings. The standard InChI is InChI=1S/C23H17BrN2O3S/c1-29-18-12-10-17(11-13-18)26-22(28)19-4-2-3-5-20(19)25-23(26)30-14-21(27)15-6-8-16(24)9-7-15/h2-13H,14H2,1H3. The summed E-state index contributed by atoms with van der Waals surface area (Å²) in [7, 11) is 1.59. The predicted molar refractivity (Wildman–Crippen MR) is 123 cm³/mol. The van der Waals surface area contributed by atoms with E-state index in [1.807, 2.05) is 24.3 Å². The number of benzene rings is 3. The first-order valence-electron chi connectivity index (χ1n) is 9.14.